The average Bonchev–Trinajstić information content (AvgIpc) is 2.55. The van der Waals surface area contributed by atoms with Crippen molar-refractivity contribution >= 4 is 22.7 Å². The van der Waals surface area contributed by atoms with Crippen LogP contribution in [-0.2, 0) is 0 Å². The van der Waals surface area contributed by atoms with Crippen molar-refractivity contribution in [1.82, 2.24) is 0 Å². The fourth-order valence-electron chi connectivity index (χ4n) is 1.89. The zero-order chi connectivity index (χ0) is 15.8. The number of nitroso groups, excluding NO2 is 1. The van der Waals surface area contributed by atoms with Gasteiger partial charge in [-0.2, -0.15) is 0 Å². The molecule has 0 aliphatic carbocycles. The number of anilines is 2. The number of benzene rings is 2. The Labute approximate surface area is 127 Å². The lowest BCUT2D eigenvalue weighted by Crippen LogP contribution is -2.09. The first-order valence-electron chi connectivity index (χ1n) is 6.84. The zero-order valence-electron chi connectivity index (χ0n) is 11.9. The van der Waals surface area contributed by atoms with Crippen molar-refractivity contribution in [2.75, 3.05) is 23.7 Å². The third-order valence-corrected chi connectivity index (χ3v) is 3.06. The Kier molecular flexibility index (Phi) is 5.42. The largest absolute Gasteiger partial charge is 0.385 e. The second-order valence-electron chi connectivity index (χ2n) is 4.65. The van der Waals surface area contributed by atoms with Crippen LogP contribution in [0.4, 0.5) is 22.7 Å². The van der Waals surface area contributed by atoms with Gasteiger partial charge >= 0.3 is 0 Å². The molecule has 7 heteroatoms. The minimum Gasteiger partial charge on any atom is -0.385 e. The molecule has 0 heterocycles. The van der Waals surface area contributed by atoms with Crippen LogP contribution in [0.3, 0.4) is 0 Å². The van der Waals surface area contributed by atoms with E-state index in [4.69, 9.17) is 0 Å². The van der Waals surface area contributed by atoms with Gasteiger partial charge in [0.2, 0.25) is 0 Å². The monoisotopic (exact) mass is 300 g/mol. The van der Waals surface area contributed by atoms with E-state index in [-0.39, 0.29) is 5.69 Å². The van der Waals surface area contributed by atoms with Crippen LogP contribution in [0.25, 0.3) is 0 Å². The van der Waals surface area contributed by atoms with Gasteiger partial charge < -0.3 is 10.6 Å². The van der Waals surface area contributed by atoms with Crippen molar-refractivity contribution in [1.29, 1.82) is 0 Å². The predicted molar refractivity (Wildman–Crippen MR) is 86.6 cm³/mol. The third-order valence-electron chi connectivity index (χ3n) is 3.06. The van der Waals surface area contributed by atoms with E-state index in [1.807, 2.05) is 0 Å². The summed E-state index contributed by atoms with van der Waals surface area (Å²) in [6.45, 7) is 1.52. The number of nitrogens with one attached hydrogen (secondary N) is 2. The Morgan fingerprint density at radius 3 is 1.86 bits per heavy atom. The molecule has 0 radical (unpaired) electrons. The standard InChI is InChI=1S/C15H16N4O3/c20-18-14-4-2-12(3-5-14)16-10-1-11-17-13-6-8-15(9-7-13)19(21)22/h2-9,16-17H,1,10-11H2. The lowest BCUT2D eigenvalue weighted by molar-refractivity contribution is -0.384. The van der Waals surface area contributed by atoms with E-state index in [1.165, 1.54) is 12.1 Å². The quantitative estimate of drug-likeness (QED) is 0.333. The first kappa shape index (κ1) is 15.4. The summed E-state index contributed by atoms with van der Waals surface area (Å²) in [5.74, 6) is 0. The zero-order valence-corrected chi connectivity index (χ0v) is 11.9. The summed E-state index contributed by atoms with van der Waals surface area (Å²) >= 11 is 0. The number of hydrogen-bond donors (Lipinski definition) is 2. The molecule has 114 valence electrons. The van der Waals surface area contributed by atoms with Crippen LogP contribution in [0, 0.1) is 15.0 Å². The molecule has 0 spiro atoms. The van der Waals surface area contributed by atoms with Crippen LogP contribution in [0.15, 0.2) is 53.7 Å². The molecule has 22 heavy (non-hydrogen) atoms. The minimum absolute atomic E-state index is 0.0838. The molecule has 0 aliphatic rings. The van der Waals surface area contributed by atoms with Gasteiger partial charge in [-0.05, 0) is 48.0 Å². The molecule has 0 unspecified atom stereocenters. The lowest BCUT2D eigenvalue weighted by Gasteiger charge is -2.08. The van der Waals surface area contributed by atoms with Gasteiger partial charge in [-0.1, -0.05) is 0 Å². The predicted octanol–water partition coefficient (Wildman–Crippen LogP) is 3.91. The second kappa shape index (κ2) is 7.72. The van der Waals surface area contributed by atoms with E-state index >= 15 is 0 Å². The van der Waals surface area contributed by atoms with Crippen molar-refractivity contribution in [2.24, 2.45) is 5.18 Å². The molecule has 0 saturated carbocycles. The Balaban J connectivity index is 1.68. The first-order chi connectivity index (χ1) is 10.7. The molecule has 0 aliphatic heterocycles. The first-order valence-corrected chi connectivity index (χ1v) is 6.84. The van der Waals surface area contributed by atoms with E-state index in [0.29, 0.717) is 5.69 Å². The Morgan fingerprint density at radius 2 is 1.41 bits per heavy atom. The van der Waals surface area contributed by atoms with Crippen LogP contribution in [-0.4, -0.2) is 18.0 Å². The van der Waals surface area contributed by atoms with Crippen LogP contribution < -0.4 is 10.6 Å². The van der Waals surface area contributed by atoms with E-state index in [0.717, 1.165) is 30.9 Å². The molecule has 7 nitrogen and oxygen atoms in total. The number of nitro benzene ring substituents is 1. The van der Waals surface area contributed by atoms with Gasteiger partial charge in [-0.15, -0.1) is 4.91 Å². The minimum atomic E-state index is -0.418. The Hall–Kier alpha value is -2.96. The number of rotatable bonds is 8. The van der Waals surface area contributed by atoms with Gasteiger partial charge in [0.25, 0.3) is 5.69 Å². The van der Waals surface area contributed by atoms with Gasteiger partial charge in [0.1, 0.15) is 5.69 Å². The number of hydrogen-bond acceptors (Lipinski definition) is 6. The molecular formula is C15H16N4O3. The van der Waals surface area contributed by atoms with Crippen LogP contribution in [0.5, 0.6) is 0 Å². The van der Waals surface area contributed by atoms with Crippen LogP contribution in [0.1, 0.15) is 6.42 Å². The summed E-state index contributed by atoms with van der Waals surface area (Å²) in [5, 5.41) is 19.8. The van der Waals surface area contributed by atoms with Gasteiger partial charge in [0.15, 0.2) is 0 Å². The van der Waals surface area contributed by atoms with E-state index in [9.17, 15) is 15.0 Å². The summed E-state index contributed by atoms with van der Waals surface area (Å²) < 4.78 is 0. The molecule has 2 N–H and O–H groups in total. The molecule has 0 saturated heterocycles. The molecule has 2 aromatic carbocycles. The van der Waals surface area contributed by atoms with Crippen molar-refractivity contribution in [2.45, 2.75) is 6.42 Å². The molecule has 0 fully saturated rings. The maximum absolute atomic E-state index is 10.5. The van der Waals surface area contributed by atoms with E-state index in [2.05, 4.69) is 15.8 Å². The normalized spacial score (nSPS) is 10.0. The Morgan fingerprint density at radius 1 is 0.909 bits per heavy atom. The number of nitrogens with zero attached hydrogens (tertiary/aromatic N) is 2. The van der Waals surface area contributed by atoms with Crippen LogP contribution in [0.2, 0.25) is 0 Å². The van der Waals surface area contributed by atoms with Gasteiger partial charge in [0.05, 0.1) is 4.92 Å². The molecule has 2 rings (SSSR count). The van der Waals surface area contributed by atoms with Gasteiger partial charge in [0, 0.05) is 36.6 Å². The molecule has 0 aromatic heterocycles. The molecule has 2 aromatic rings. The lowest BCUT2D eigenvalue weighted by atomic mass is 10.2. The fourth-order valence-corrected chi connectivity index (χ4v) is 1.89. The Bertz CT molecular complexity index is 626. The van der Waals surface area contributed by atoms with Crippen molar-refractivity contribution in [3.8, 4) is 0 Å². The summed E-state index contributed by atoms with van der Waals surface area (Å²) in [5.41, 5.74) is 2.28. The molecular weight excluding hydrogens is 284 g/mol. The highest BCUT2D eigenvalue weighted by atomic mass is 16.6. The maximum Gasteiger partial charge on any atom is 0.269 e. The molecule has 0 amide bonds. The van der Waals surface area contributed by atoms with Crippen LogP contribution >= 0.6 is 0 Å². The van der Waals surface area contributed by atoms with E-state index < -0.39 is 4.92 Å². The highest BCUT2D eigenvalue weighted by Gasteiger charge is 2.03. The summed E-state index contributed by atoms with van der Waals surface area (Å²) in [4.78, 5) is 20.4. The smallest absolute Gasteiger partial charge is 0.269 e. The van der Waals surface area contributed by atoms with Gasteiger partial charge in [-0.3, -0.25) is 10.1 Å². The summed E-state index contributed by atoms with van der Waals surface area (Å²) in [7, 11) is 0. The number of non-ortho nitro benzene ring substituents is 1. The highest BCUT2D eigenvalue weighted by Crippen LogP contribution is 2.16. The van der Waals surface area contributed by atoms with Gasteiger partial charge in [-0.25, -0.2) is 0 Å². The molecule has 0 bridgehead atoms. The van der Waals surface area contributed by atoms with Crippen molar-refractivity contribution < 1.29 is 4.92 Å². The number of nitro groups is 1. The SMILES string of the molecule is O=Nc1ccc(NCCCNc2ccc([N+](=O)[O-])cc2)cc1. The highest BCUT2D eigenvalue weighted by molar-refractivity contribution is 5.51. The van der Waals surface area contributed by atoms with Crippen molar-refractivity contribution in [3.63, 3.8) is 0 Å². The topological polar surface area (TPSA) is 96.6 Å². The van der Waals surface area contributed by atoms with Crippen molar-refractivity contribution in [3.05, 3.63) is 63.6 Å². The fraction of sp³-hybridized carbons (Fsp3) is 0.200. The third kappa shape index (κ3) is 4.55. The van der Waals surface area contributed by atoms with E-state index in [1.54, 1.807) is 36.4 Å². The average molecular weight is 300 g/mol. The summed E-state index contributed by atoms with van der Waals surface area (Å²) in [6, 6.07) is 13.3. The maximum atomic E-state index is 10.5. The molecule has 0 atom stereocenters. The second-order valence-corrected chi connectivity index (χ2v) is 4.65. The summed E-state index contributed by atoms with van der Waals surface area (Å²) in [6.07, 6.45) is 0.880.